The molecular weight excluding hydrogens is 354 g/mol. The Balaban J connectivity index is 2.00. The molecule has 1 heterocycles. The maximum Gasteiger partial charge on any atom is 0.416 e. The summed E-state index contributed by atoms with van der Waals surface area (Å²) in [6, 6.07) is 9.64. The Morgan fingerprint density at radius 3 is 2.31 bits per heavy atom. The second-order valence-electron chi connectivity index (χ2n) is 5.43. The van der Waals surface area contributed by atoms with Crippen LogP contribution in [0.5, 0.6) is 0 Å². The number of carbonyl (C=O) groups excluding carboxylic acids is 1. The molecule has 1 unspecified atom stereocenters. The van der Waals surface area contributed by atoms with E-state index in [1.807, 2.05) is 0 Å². The quantitative estimate of drug-likeness (QED) is 0.667. The number of aldehydes is 1. The van der Waals surface area contributed by atoms with Gasteiger partial charge in [0.25, 0.3) is 0 Å². The van der Waals surface area contributed by atoms with E-state index in [0.29, 0.717) is 6.29 Å². The molecule has 0 spiro atoms. The first-order valence-corrected chi connectivity index (χ1v) is 7.50. The predicted octanol–water partition coefficient (Wildman–Crippen LogP) is 3.00. The summed E-state index contributed by atoms with van der Waals surface area (Å²) >= 11 is 0. The summed E-state index contributed by atoms with van der Waals surface area (Å²) < 4.78 is 52.2. The van der Waals surface area contributed by atoms with Crippen molar-refractivity contribution in [1.29, 1.82) is 0 Å². The van der Waals surface area contributed by atoms with Crippen molar-refractivity contribution in [3.63, 3.8) is 0 Å². The number of hydrogen-bond donors (Lipinski definition) is 1. The van der Waals surface area contributed by atoms with Crippen molar-refractivity contribution in [2.24, 2.45) is 5.10 Å². The molecule has 0 aromatic heterocycles. The molecule has 136 valence electrons. The maximum absolute atomic E-state index is 14.1. The van der Waals surface area contributed by atoms with Gasteiger partial charge in [-0.25, -0.2) is 9.40 Å². The molecule has 0 saturated carbocycles. The lowest BCUT2D eigenvalue weighted by Gasteiger charge is -2.28. The third-order valence-electron chi connectivity index (χ3n) is 3.85. The van der Waals surface area contributed by atoms with E-state index in [2.05, 4.69) is 5.10 Å². The van der Waals surface area contributed by atoms with Crippen molar-refractivity contribution in [3.8, 4) is 0 Å². The topological polar surface area (TPSA) is 56.1 Å². The van der Waals surface area contributed by atoms with Crippen LogP contribution in [0, 0.1) is 5.82 Å². The number of aliphatic hydroxyl groups is 1. The van der Waals surface area contributed by atoms with Gasteiger partial charge in [0, 0.05) is 0 Å². The number of nitrogens with zero attached hydrogens (tertiary/aromatic N) is 3. The minimum atomic E-state index is -4.49. The highest BCUT2D eigenvalue weighted by molar-refractivity contribution is 6.05. The van der Waals surface area contributed by atoms with Crippen LogP contribution in [0.25, 0.3) is 0 Å². The Labute approximate surface area is 145 Å². The normalized spacial score (nSPS) is 17.4. The maximum atomic E-state index is 14.1. The van der Waals surface area contributed by atoms with E-state index in [1.54, 1.807) is 6.07 Å². The SMILES string of the molecule is O=CC1N(c2ccc(C(F)(F)F)cc2)N=C(CO)N1c1ccccc1F. The van der Waals surface area contributed by atoms with Gasteiger partial charge in [-0.1, -0.05) is 12.1 Å². The molecule has 0 amide bonds. The standard InChI is InChI=1S/C17H13F4N3O2/c18-13-3-1-2-4-14(13)23-15(9-25)22-24(16(23)10-26)12-7-5-11(6-8-12)17(19,20)21/h1-8,10,16,25H,9H2. The van der Waals surface area contributed by atoms with Crippen LogP contribution < -0.4 is 9.91 Å². The zero-order valence-electron chi connectivity index (χ0n) is 13.2. The molecule has 0 bridgehead atoms. The van der Waals surface area contributed by atoms with Gasteiger partial charge in [-0.2, -0.15) is 18.3 Å². The number of halogens is 4. The largest absolute Gasteiger partial charge is 0.416 e. The number of rotatable bonds is 4. The molecule has 0 saturated heterocycles. The van der Waals surface area contributed by atoms with Crippen LogP contribution in [0.4, 0.5) is 28.9 Å². The fourth-order valence-electron chi connectivity index (χ4n) is 2.66. The smallest absolute Gasteiger partial charge is 0.388 e. The molecular formula is C17H13F4N3O2. The number of amidine groups is 1. The molecule has 0 fully saturated rings. The first-order valence-electron chi connectivity index (χ1n) is 7.50. The fourth-order valence-corrected chi connectivity index (χ4v) is 2.66. The molecule has 0 aliphatic carbocycles. The number of carbonyl (C=O) groups is 1. The van der Waals surface area contributed by atoms with Gasteiger partial charge < -0.3 is 5.11 Å². The molecule has 1 aliphatic heterocycles. The van der Waals surface area contributed by atoms with Crippen LogP contribution in [0.2, 0.25) is 0 Å². The summed E-state index contributed by atoms with van der Waals surface area (Å²) in [7, 11) is 0. The van der Waals surface area contributed by atoms with Gasteiger partial charge in [0.1, 0.15) is 12.4 Å². The third-order valence-corrected chi connectivity index (χ3v) is 3.85. The van der Waals surface area contributed by atoms with Gasteiger partial charge in [-0.15, -0.1) is 0 Å². The lowest BCUT2D eigenvalue weighted by Crippen LogP contribution is -2.45. The second-order valence-corrected chi connectivity index (χ2v) is 5.43. The van der Waals surface area contributed by atoms with E-state index >= 15 is 0 Å². The van der Waals surface area contributed by atoms with Crippen molar-refractivity contribution in [2.45, 2.75) is 12.3 Å². The monoisotopic (exact) mass is 367 g/mol. The van der Waals surface area contributed by atoms with Gasteiger partial charge in [-0.05, 0) is 36.4 Å². The number of alkyl halides is 3. The van der Waals surface area contributed by atoms with Crippen LogP contribution >= 0.6 is 0 Å². The molecule has 0 radical (unpaired) electrons. The van der Waals surface area contributed by atoms with Gasteiger partial charge in [0.15, 0.2) is 18.3 Å². The van der Waals surface area contributed by atoms with E-state index in [0.717, 1.165) is 29.3 Å². The Morgan fingerprint density at radius 2 is 1.77 bits per heavy atom. The van der Waals surface area contributed by atoms with Crippen LogP contribution in [-0.4, -0.2) is 30.0 Å². The summed E-state index contributed by atoms with van der Waals surface area (Å²) in [6.07, 6.45) is -5.17. The lowest BCUT2D eigenvalue weighted by atomic mass is 10.2. The molecule has 2 aromatic rings. The first kappa shape index (κ1) is 17.9. The number of hydrazone groups is 1. The first-order chi connectivity index (χ1) is 12.4. The zero-order valence-corrected chi connectivity index (χ0v) is 13.2. The van der Waals surface area contributed by atoms with Crippen LogP contribution in [0.3, 0.4) is 0 Å². The highest BCUT2D eigenvalue weighted by atomic mass is 19.4. The number of hydrogen-bond acceptors (Lipinski definition) is 5. The average molecular weight is 367 g/mol. The van der Waals surface area contributed by atoms with E-state index in [-0.39, 0.29) is 17.2 Å². The van der Waals surface area contributed by atoms with Crippen LogP contribution in [0.1, 0.15) is 5.56 Å². The van der Waals surface area contributed by atoms with E-state index in [9.17, 15) is 27.5 Å². The molecule has 1 N–H and O–H groups in total. The van der Waals surface area contributed by atoms with Gasteiger partial charge >= 0.3 is 6.18 Å². The van der Waals surface area contributed by atoms with Gasteiger partial charge in [0.2, 0.25) is 0 Å². The van der Waals surface area contributed by atoms with Gasteiger partial charge in [-0.3, -0.25) is 9.69 Å². The molecule has 3 rings (SSSR count). The summed E-state index contributed by atoms with van der Waals surface area (Å²) in [5.74, 6) is -0.637. The summed E-state index contributed by atoms with van der Waals surface area (Å²) in [4.78, 5) is 12.8. The number of benzene rings is 2. The predicted molar refractivity (Wildman–Crippen MR) is 87.2 cm³/mol. The Hall–Kier alpha value is -2.94. The summed E-state index contributed by atoms with van der Waals surface area (Å²) in [6.45, 7) is -0.587. The molecule has 2 aromatic carbocycles. The number of anilines is 2. The Bertz CT molecular complexity index is 837. The van der Waals surface area contributed by atoms with Crippen molar-refractivity contribution in [1.82, 2.24) is 0 Å². The third kappa shape index (κ3) is 3.13. The summed E-state index contributed by atoms with van der Waals surface area (Å²) in [5.41, 5.74) is -0.632. The molecule has 26 heavy (non-hydrogen) atoms. The van der Waals surface area contributed by atoms with Crippen molar-refractivity contribution < 1.29 is 27.5 Å². The van der Waals surface area contributed by atoms with E-state index < -0.39 is 30.3 Å². The highest BCUT2D eigenvalue weighted by Gasteiger charge is 2.37. The van der Waals surface area contributed by atoms with Crippen molar-refractivity contribution >= 4 is 23.5 Å². The molecule has 5 nitrogen and oxygen atoms in total. The van der Waals surface area contributed by atoms with E-state index in [1.165, 1.54) is 23.1 Å². The molecule has 9 heteroatoms. The molecule has 1 atom stereocenters. The van der Waals surface area contributed by atoms with Crippen molar-refractivity contribution in [3.05, 3.63) is 59.9 Å². The number of aliphatic hydroxyl groups excluding tert-OH is 1. The minimum Gasteiger partial charge on any atom is -0.388 e. The Kier molecular flexibility index (Phi) is 4.64. The second kappa shape index (κ2) is 6.75. The van der Waals surface area contributed by atoms with Crippen LogP contribution in [-0.2, 0) is 11.0 Å². The Morgan fingerprint density at radius 1 is 1.12 bits per heavy atom. The number of para-hydroxylation sites is 1. The zero-order chi connectivity index (χ0) is 18.9. The fraction of sp³-hybridized carbons (Fsp3) is 0.176. The minimum absolute atomic E-state index is 0.00732. The van der Waals surface area contributed by atoms with Crippen molar-refractivity contribution in [2.75, 3.05) is 16.5 Å². The average Bonchev–Trinajstić information content (AvgIpc) is 3.00. The summed E-state index contributed by atoms with van der Waals surface area (Å²) in [5, 5.41) is 14.7. The van der Waals surface area contributed by atoms with Crippen LogP contribution in [0.15, 0.2) is 53.6 Å². The van der Waals surface area contributed by atoms with E-state index in [4.69, 9.17) is 0 Å². The molecule has 1 aliphatic rings. The highest BCUT2D eigenvalue weighted by Crippen LogP contribution is 2.33. The van der Waals surface area contributed by atoms with Gasteiger partial charge in [0.05, 0.1) is 16.9 Å². The lowest BCUT2D eigenvalue weighted by molar-refractivity contribution is -0.137.